The Bertz CT molecular complexity index is 657. The molecule has 4 nitrogen and oxygen atoms in total. The summed E-state index contributed by atoms with van der Waals surface area (Å²) in [6, 6.07) is 5.18. The van der Waals surface area contributed by atoms with E-state index in [2.05, 4.69) is 10.3 Å². The van der Waals surface area contributed by atoms with Gasteiger partial charge < -0.3 is 5.32 Å². The molecule has 1 heterocycles. The van der Waals surface area contributed by atoms with Crippen molar-refractivity contribution < 1.29 is 8.78 Å². The molecule has 1 atom stereocenters. The van der Waals surface area contributed by atoms with E-state index in [0.717, 1.165) is 12.5 Å². The highest BCUT2D eigenvalue weighted by molar-refractivity contribution is 5.22. The molecular weight excluding hydrogens is 276 g/mol. The standard InChI is InChI=1S/C15H17F2N3O/c1-2-7-18-13(10-20-9-4-8-19-15(20)21)11-5-3-6-12(16)14(11)17/h3-6,8-9,13,18H,2,7,10H2,1H3. The van der Waals surface area contributed by atoms with E-state index in [1.807, 2.05) is 6.92 Å². The second-order valence-corrected chi connectivity index (χ2v) is 4.70. The fourth-order valence-electron chi connectivity index (χ4n) is 2.10. The molecule has 0 aliphatic heterocycles. The Hall–Kier alpha value is -2.08. The summed E-state index contributed by atoms with van der Waals surface area (Å²) in [5.74, 6) is -1.78. The molecule has 0 radical (unpaired) electrons. The van der Waals surface area contributed by atoms with Gasteiger partial charge in [0, 0.05) is 24.5 Å². The summed E-state index contributed by atoms with van der Waals surface area (Å²) in [6.45, 7) is 2.80. The van der Waals surface area contributed by atoms with Crippen LogP contribution in [0, 0.1) is 11.6 Å². The van der Waals surface area contributed by atoms with E-state index in [1.165, 1.54) is 22.9 Å². The van der Waals surface area contributed by atoms with Crippen LogP contribution in [0.1, 0.15) is 24.9 Å². The summed E-state index contributed by atoms with van der Waals surface area (Å²) in [6.07, 6.45) is 3.82. The Labute approximate surface area is 121 Å². The predicted molar refractivity (Wildman–Crippen MR) is 75.9 cm³/mol. The first-order valence-electron chi connectivity index (χ1n) is 6.82. The maximum Gasteiger partial charge on any atom is 0.347 e. The maximum atomic E-state index is 14.0. The van der Waals surface area contributed by atoms with Gasteiger partial charge in [-0.2, -0.15) is 0 Å². The molecule has 0 spiro atoms. The van der Waals surface area contributed by atoms with Crippen molar-refractivity contribution in [2.24, 2.45) is 0 Å². The molecule has 1 unspecified atom stereocenters. The lowest BCUT2D eigenvalue weighted by molar-refractivity contribution is 0.419. The van der Waals surface area contributed by atoms with Gasteiger partial charge in [0.05, 0.1) is 6.04 Å². The fraction of sp³-hybridized carbons (Fsp3) is 0.333. The topological polar surface area (TPSA) is 46.9 Å². The van der Waals surface area contributed by atoms with Crippen LogP contribution in [0.2, 0.25) is 0 Å². The van der Waals surface area contributed by atoms with Crippen molar-refractivity contribution in [3.05, 3.63) is 64.3 Å². The van der Waals surface area contributed by atoms with Gasteiger partial charge in [-0.3, -0.25) is 4.57 Å². The van der Waals surface area contributed by atoms with Crippen molar-refractivity contribution in [2.45, 2.75) is 25.9 Å². The summed E-state index contributed by atoms with van der Waals surface area (Å²) < 4.78 is 28.7. The number of benzene rings is 1. The first kappa shape index (κ1) is 15.3. The van der Waals surface area contributed by atoms with E-state index in [1.54, 1.807) is 12.3 Å². The lowest BCUT2D eigenvalue weighted by atomic mass is 10.1. The zero-order valence-corrected chi connectivity index (χ0v) is 11.7. The Balaban J connectivity index is 2.32. The second kappa shape index (κ2) is 7.08. The molecule has 2 aromatic rings. The molecular formula is C15H17F2N3O. The Morgan fingerprint density at radius 2 is 2.14 bits per heavy atom. The lowest BCUT2D eigenvalue weighted by Gasteiger charge is -2.20. The molecule has 1 N–H and O–H groups in total. The number of hydrogen-bond acceptors (Lipinski definition) is 3. The van der Waals surface area contributed by atoms with Crippen molar-refractivity contribution in [1.82, 2.24) is 14.9 Å². The summed E-state index contributed by atoms with van der Waals surface area (Å²) in [4.78, 5) is 15.3. The van der Waals surface area contributed by atoms with E-state index in [0.29, 0.717) is 6.54 Å². The normalized spacial score (nSPS) is 12.3. The molecule has 0 aliphatic carbocycles. The molecule has 0 bridgehead atoms. The Morgan fingerprint density at radius 1 is 1.33 bits per heavy atom. The first-order chi connectivity index (χ1) is 10.1. The minimum Gasteiger partial charge on any atom is -0.308 e. The molecule has 1 aromatic heterocycles. The molecule has 0 saturated carbocycles. The zero-order chi connectivity index (χ0) is 15.2. The fourth-order valence-corrected chi connectivity index (χ4v) is 2.10. The van der Waals surface area contributed by atoms with E-state index in [-0.39, 0.29) is 12.1 Å². The van der Waals surface area contributed by atoms with Crippen molar-refractivity contribution in [3.63, 3.8) is 0 Å². The molecule has 21 heavy (non-hydrogen) atoms. The summed E-state index contributed by atoms with van der Waals surface area (Å²) in [7, 11) is 0. The highest BCUT2D eigenvalue weighted by Crippen LogP contribution is 2.20. The molecule has 0 fully saturated rings. The van der Waals surface area contributed by atoms with Gasteiger partial charge in [-0.25, -0.2) is 18.6 Å². The van der Waals surface area contributed by atoms with Crippen LogP contribution in [0.3, 0.4) is 0 Å². The van der Waals surface area contributed by atoms with E-state index in [9.17, 15) is 13.6 Å². The largest absolute Gasteiger partial charge is 0.347 e. The molecule has 2 rings (SSSR count). The third-order valence-electron chi connectivity index (χ3n) is 3.16. The van der Waals surface area contributed by atoms with Gasteiger partial charge in [-0.15, -0.1) is 0 Å². The van der Waals surface area contributed by atoms with Crippen LogP contribution in [-0.4, -0.2) is 16.1 Å². The molecule has 0 saturated heterocycles. The van der Waals surface area contributed by atoms with Crippen LogP contribution in [0.4, 0.5) is 8.78 Å². The van der Waals surface area contributed by atoms with Crippen LogP contribution in [-0.2, 0) is 6.54 Å². The Kier molecular flexibility index (Phi) is 5.16. The molecule has 112 valence electrons. The van der Waals surface area contributed by atoms with Crippen molar-refractivity contribution in [1.29, 1.82) is 0 Å². The molecule has 6 heteroatoms. The van der Waals surface area contributed by atoms with Gasteiger partial charge in [-0.05, 0) is 25.1 Å². The third-order valence-corrected chi connectivity index (χ3v) is 3.16. The zero-order valence-electron chi connectivity index (χ0n) is 11.7. The van der Waals surface area contributed by atoms with Gasteiger partial charge in [0.25, 0.3) is 0 Å². The number of halogens is 2. The highest BCUT2D eigenvalue weighted by atomic mass is 19.2. The van der Waals surface area contributed by atoms with E-state index < -0.39 is 23.4 Å². The van der Waals surface area contributed by atoms with Gasteiger partial charge in [-0.1, -0.05) is 19.1 Å². The van der Waals surface area contributed by atoms with Crippen molar-refractivity contribution in [2.75, 3.05) is 6.54 Å². The number of hydrogen-bond donors (Lipinski definition) is 1. The number of nitrogens with one attached hydrogen (secondary N) is 1. The third kappa shape index (κ3) is 3.72. The average Bonchev–Trinajstić information content (AvgIpc) is 2.48. The van der Waals surface area contributed by atoms with Gasteiger partial charge in [0.2, 0.25) is 0 Å². The smallest absolute Gasteiger partial charge is 0.308 e. The van der Waals surface area contributed by atoms with Gasteiger partial charge in [0.15, 0.2) is 11.6 Å². The maximum absolute atomic E-state index is 14.0. The van der Waals surface area contributed by atoms with Gasteiger partial charge >= 0.3 is 5.69 Å². The number of aromatic nitrogens is 2. The van der Waals surface area contributed by atoms with Crippen LogP contribution in [0.25, 0.3) is 0 Å². The van der Waals surface area contributed by atoms with Crippen LogP contribution >= 0.6 is 0 Å². The van der Waals surface area contributed by atoms with Crippen LogP contribution in [0.15, 0.2) is 41.5 Å². The van der Waals surface area contributed by atoms with Crippen LogP contribution in [0.5, 0.6) is 0 Å². The average molecular weight is 293 g/mol. The van der Waals surface area contributed by atoms with Gasteiger partial charge in [0.1, 0.15) is 0 Å². The molecule has 1 aromatic carbocycles. The monoisotopic (exact) mass is 293 g/mol. The second-order valence-electron chi connectivity index (χ2n) is 4.70. The van der Waals surface area contributed by atoms with Crippen molar-refractivity contribution in [3.8, 4) is 0 Å². The number of rotatable bonds is 6. The minimum absolute atomic E-state index is 0.188. The summed E-state index contributed by atoms with van der Waals surface area (Å²) in [5, 5.41) is 3.14. The van der Waals surface area contributed by atoms with E-state index >= 15 is 0 Å². The molecule has 0 aliphatic rings. The predicted octanol–water partition coefficient (Wildman–Crippen LogP) is 2.26. The van der Waals surface area contributed by atoms with Crippen LogP contribution < -0.4 is 11.0 Å². The first-order valence-corrected chi connectivity index (χ1v) is 6.82. The lowest BCUT2D eigenvalue weighted by Crippen LogP contribution is -2.32. The Morgan fingerprint density at radius 3 is 2.86 bits per heavy atom. The minimum atomic E-state index is -0.894. The quantitative estimate of drug-likeness (QED) is 0.888. The SMILES string of the molecule is CCCNC(Cn1cccnc1=O)c1cccc(F)c1F. The van der Waals surface area contributed by atoms with Crippen molar-refractivity contribution >= 4 is 0 Å². The highest BCUT2D eigenvalue weighted by Gasteiger charge is 2.18. The summed E-state index contributed by atoms with van der Waals surface area (Å²) >= 11 is 0. The van der Waals surface area contributed by atoms with E-state index in [4.69, 9.17) is 0 Å². The molecule has 0 amide bonds. The number of nitrogens with zero attached hydrogens (tertiary/aromatic N) is 2. The summed E-state index contributed by atoms with van der Waals surface area (Å²) in [5.41, 5.74) is -0.211.